The highest BCUT2D eigenvalue weighted by Gasteiger charge is 2.24. The summed E-state index contributed by atoms with van der Waals surface area (Å²) in [6, 6.07) is 11.7. The lowest BCUT2D eigenvalue weighted by molar-refractivity contribution is 0.503. The molecule has 1 aromatic carbocycles. The van der Waals surface area contributed by atoms with Crippen LogP contribution in [0.2, 0.25) is 5.82 Å². The monoisotopic (exact) mass is 456 g/mol. The zero-order valence-corrected chi connectivity index (χ0v) is 20.9. The number of nitrogens with one attached hydrogen (secondary N) is 1. The molecule has 1 unspecified atom stereocenters. The van der Waals surface area contributed by atoms with Gasteiger partial charge in [-0.2, -0.15) is 0 Å². The second-order valence-electron chi connectivity index (χ2n) is 10.8. The minimum atomic E-state index is 0.578. The fourth-order valence-electron chi connectivity index (χ4n) is 6.31. The van der Waals surface area contributed by atoms with Crippen LogP contribution in [0.4, 0.5) is 5.82 Å². The van der Waals surface area contributed by atoms with Crippen LogP contribution in [-0.4, -0.2) is 35.3 Å². The Balaban J connectivity index is 1.25. The number of hydrogen-bond donors (Lipinski definition) is 1. The average Bonchev–Trinajstić information content (AvgIpc) is 3.35. The maximum atomic E-state index is 4.66. The first-order valence-electron chi connectivity index (χ1n) is 14.0. The summed E-state index contributed by atoms with van der Waals surface area (Å²) >= 11 is 0. The molecule has 3 aromatic rings. The summed E-state index contributed by atoms with van der Waals surface area (Å²) in [6.45, 7) is 2.12. The molecular weight excluding hydrogens is 415 g/mol. The van der Waals surface area contributed by atoms with Crippen LogP contribution in [-0.2, 0) is 0 Å². The fourth-order valence-corrected chi connectivity index (χ4v) is 6.31. The molecule has 1 N–H and O–H groups in total. The molecule has 1 saturated carbocycles. The minimum absolute atomic E-state index is 0.578. The van der Waals surface area contributed by atoms with Gasteiger partial charge in [0.1, 0.15) is 17.8 Å². The molecule has 1 saturated heterocycles. The van der Waals surface area contributed by atoms with Gasteiger partial charge in [0.15, 0.2) is 7.28 Å². The molecule has 34 heavy (non-hydrogen) atoms. The van der Waals surface area contributed by atoms with E-state index in [4.69, 9.17) is 0 Å². The molecule has 1 aliphatic heterocycles. The molecule has 0 amide bonds. The first kappa shape index (κ1) is 23.4. The molecule has 1 aliphatic carbocycles. The predicted octanol–water partition coefficient (Wildman–Crippen LogP) is 6.50. The standard InChI is InChI=1S/C29H41BN4/c1-2-4-6-8-14-25(15-9-7-5-3-1)30-26-16-10-12-23(20-26)24-13-11-19-34(21-24)29-27-17-18-31-28(27)32-22-33-29/h10,12,16-18,20,22,24-25,30H,1-9,11,13-15,19,21H2,(H,31,32,33). The molecule has 0 bridgehead atoms. The van der Waals surface area contributed by atoms with E-state index in [1.165, 1.54) is 96.3 Å². The number of anilines is 1. The van der Waals surface area contributed by atoms with Crippen molar-refractivity contribution in [3.63, 3.8) is 0 Å². The van der Waals surface area contributed by atoms with Crippen molar-refractivity contribution in [1.29, 1.82) is 0 Å². The van der Waals surface area contributed by atoms with Crippen LogP contribution in [0.25, 0.3) is 11.0 Å². The highest BCUT2D eigenvalue weighted by molar-refractivity contribution is 6.55. The van der Waals surface area contributed by atoms with E-state index in [1.54, 1.807) is 11.8 Å². The molecule has 2 fully saturated rings. The van der Waals surface area contributed by atoms with Gasteiger partial charge in [-0.15, -0.1) is 0 Å². The van der Waals surface area contributed by atoms with Gasteiger partial charge in [0.2, 0.25) is 0 Å². The number of H-pyrrole nitrogens is 1. The van der Waals surface area contributed by atoms with Gasteiger partial charge < -0.3 is 9.88 Å². The van der Waals surface area contributed by atoms with Gasteiger partial charge in [0.05, 0.1) is 5.39 Å². The summed E-state index contributed by atoms with van der Waals surface area (Å²) in [4.78, 5) is 14.8. The van der Waals surface area contributed by atoms with Crippen LogP contribution < -0.4 is 10.4 Å². The number of fused-ring (bicyclic) bond motifs is 1. The topological polar surface area (TPSA) is 44.8 Å². The normalized spacial score (nSPS) is 21.6. The fraction of sp³-hybridized carbons (Fsp3) is 0.586. The lowest BCUT2D eigenvalue weighted by Crippen LogP contribution is -2.35. The van der Waals surface area contributed by atoms with E-state index < -0.39 is 0 Å². The van der Waals surface area contributed by atoms with Gasteiger partial charge in [-0.05, 0) is 24.5 Å². The number of aromatic nitrogens is 3. The summed E-state index contributed by atoms with van der Waals surface area (Å²) in [5, 5.41) is 1.14. The minimum Gasteiger partial charge on any atom is -0.355 e. The summed E-state index contributed by atoms with van der Waals surface area (Å²) in [5.41, 5.74) is 4.02. The van der Waals surface area contributed by atoms with Crippen molar-refractivity contribution < 1.29 is 0 Å². The molecule has 1 atom stereocenters. The Hall–Kier alpha value is -2.30. The zero-order valence-electron chi connectivity index (χ0n) is 20.9. The highest BCUT2D eigenvalue weighted by atomic mass is 15.2. The van der Waals surface area contributed by atoms with Crippen molar-refractivity contribution in [3.8, 4) is 0 Å². The van der Waals surface area contributed by atoms with Crippen molar-refractivity contribution >= 4 is 29.6 Å². The van der Waals surface area contributed by atoms with Crippen molar-refractivity contribution in [2.24, 2.45) is 0 Å². The number of hydrogen-bond acceptors (Lipinski definition) is 3. The molecule has 180 valence electrons. The van der Waals surface area contributed by atoms with E-state index in [1.807, 2.05) is 6.20 Å². The van der Waals surface area contributed by atoms with Gasteiger partial charge in [-0.1, -0.05) is 106 Å². The smallest absolute Gasteiger partial charge is 0.160 e. The number of rotatable bonds is 4. The molecule has 3 heterocycles. The number of benzene rings is 1. The van der Waals surface area contributed by atoms with Crippen LogP contribution in [0.1, 0.15) is 95.0 Å². The highest BCUT2D eigenvalue weighted by Crippen LogP contribution is 2.32. The van der Waals surface area contributed by atoms with Crippen LogP contribution in [0.5, 0.6) is 0 Å². The van der Waals surface area contributed by atoms with Crippen LogP contribution in [0.3, 0.4) is 0 Å². The Bertz CT molecular complexity index is 1020. The Kier molecular flexibility index (Phi) is 8.21. The van der Waals surface area contributed by atoms with E-state index in [-0.39, 0.29) is 0 Å². The third-order valence-electron chi connectivity index (χ3n) is 8.23. The van der Waals surface area contributed by atoms with Crippen molar-refractivity contribution in [1.82, 2.24) is 15.0 Å². The lowest BCUT2D eigenvalue weighted by atomic mass is 9.56. The van der Waals surface area contributed by atoms with Gasteiger partial charge in [-0.25, -0.2) is 9.97 Å². The van der Waals surface area contributed by atoms with E-state index in [0.717, 1.165) is 35.8 Å². The third kappa shape index (κ3) is 6.03. The van der Waals surface area contributed by atoms with Crippen molar-refractivity contribution in [3.05, 3.63) is 48.4 Å². The van der Waals surface area contributed by atoms with Crippen molar-refractivity contribution in [2.75, 3.05) is 18.0 Å². The first-order chi connectivity index (χ1) is 16.9. The average molecular weight is 456 g/mol. The maximum absolute atomic E-state index is 4.66. The van der Waals surface area contributed by atoms with Gasteiger partial charge in [-0.3, -0.25) is 0 Å². The van der Waals surface area contributed by atoms with E-state index in [0.29, 0.717) is 5.92 Å². The largest absolute Gasteiger partial charge is 0.355 e. The predicted molar refractivity (Wildman–Crippen MR) is 146 cm³/mol. The zero-order chi connectivity index (χ0) is 23.0. The third-order valence-corrected chi connectivity index (χ3v) is 8.23. The summed E-state index contributed by atoms with van der Waals surface area (Å²) < 4.78 is 0. The number of nitrogens with zero attached hydrogens (tertiary/aromatic N) is 3. The van der Waals surface area contributed by atoms with E-state index in [2.05, 4.69) is 50.2 Å². The summed E-state index contributed by atoms with van der Waals surface area (Å²) in [7, 11) is 1.26. The van der Waals surface area contributed by atoms with E-state index >= 15 is 0 Å². The quantitative estimate of drug-likeness (QED) is 0.456. The molecule has 0 radical (unpaired) electrons. The molecular formula is C29H41BN4. The van der Waals surface area contributed by atoms with E-state index in [9.17, 15) is 0 Å². The lowest BCUT2D eigenvalue weighted by Gasteiger charge is -2.34. The Morgan fingerprint density at radius 2 is 1.59 bits per heavy atom. The molecule has 2 aliphatic rings. The molecule has 0 spiro atoms. The number of aromatic amines is 1. The molecule has 2 aromatic heterocycles. The first-order valence-corrected chi connectivity index (χ1v) is 14.0. The van der Waals surface area contributed by atoms with Crippen LogP contribution >= 0.6 is 0 Å². The van der Waals surface area contributed by atoms with Crippen LogP contribution in [0, 0.1) is 0 Å². The van der Waals surface area contributed by atoms with Crippen LogP contribution in [0.15, 0.2) is 42.9 Å². The second kappa shape index (κ2) is 11.9. The molecule has 5 heteroatoms. The number of piperidine rings is 1. The summed E-state index contributed by atoms with van der Waals surface area (Å²) in [5.74, 6) is 2.52. The van der Waals surface area contributed by atoms with Gasteiger partial charge in [0, 0.05) is 25.2 Å². The molecule has 4 nitrogen and oxygen atoms in total. The summed E-state index contributed by atoms with van der Waals surface area (Å²) in [6.07, 6.45) is 22.0. The Morgan fingerprint density at radius 3 is 2.38 bits per heavy atom. The Morgan fingerprint density at radius 1 is 0.824 bits per heavy atom. The van der Waals surface area contributed by atoms with Gasteiger partial charge in [0.25, 0.3) is 0 Å². The van der Waals surface area contributed by atoms with Crippen molar-refractivity contribution in [2.45, 2.75) is 95.2 Å². The van der Waals surface area contributed by atoms with Gasteiger partial charge >= 0.3 is 0 Å². The molecule has 5 rings (SSSR count). The SMILES string of the molecule is B(c1cccc(C2CCCN(c3ncnc4[nH]ccc34)C2)c1)C1CCCCCCCCCCC1. The Labute approximate surface area is 206 Å². The maximum Gasteiger partial charge on any atom is 0.160 e. The second-order valence-corrected chi connectivity index (χ2v) is 10.8.